The molecule has 0 radical (unpaired) electrons. The van der Waals surface area contributed by atoms with Gasteiger partial charge in [-0.3, -0.25) is 19.1 Å². The number of likely N-dealkylation sites (tertiary alicyclic amines) is 1. The van der Waals surface area contributed by atoms with Crippen LogP contribution in [0.15, 0.2) is 47.4 Å². The third-order valence-electron chi connectivity index (χ3n) is 6.66. The first kappa shape index (κ1) is 26.8. The van der Waals surface area contributed by atoms with Gasteiger partial charge in [0.05, 0.1) is 23.4 Å². The Bertz CT molecular complexity index is 1320. The Kier molecular flexibility index (Phi) is 8.56. The first-order valence-corrected chi connectivity index (χ1v) is 12.7. The highest BCUT2D eigenvalue weighted by Gasteiger charge is 2.35. The number of aromatic nitrogens is 3. The number of hydrogen-bond donors (Lipinski definition) is 1. The molecule has 3 aromatic rings. The molecule has 1 aromatic carbocycles. The van der Waals surface area contributed by atoms with E-state index in [1.54, 1.807) is 7.11 Å². The third kappa shape index (κ3) is 5.67. The largest absolute Gasteiger partial charge is 0.493 e. The van der Waals surface area contributed by atoms with Crippen molar-refractivity contribution in [2.45, 2.75) is 44.6 Å². The number of carbonyl (C=O) groups excluding carboxylic acids is 1. The van der Waals surface area contributed by atoms with E-state index in [2.05, 4.69) is 9.97 Å². The van der Waals surface area contributed by atoms with Crippen LogP contribution in [0, 0.1) is 5.82 Å². The molecule has 0 saturated carbocycles. The van der Waals surface area contributed by atoms with Crippen molar-refractivity contribution in [2.24, 2.45) is 0 Å². The number of nitrogens with zero attached hydrogens (tertiary/aromatic N) is 4. The summed E-state index contributed by atoms with van der Waals surface area (Å²) in [5, 5.41) is 11.0. The van der Waals surface area contributed by atoms with E-state index in [4.69, 9.17) is 16.3 Å². The van der Waals surface area contributed by atoms with Crippen molar-refractivity contribution in [3.8, 4) is 5.88 Å². The highest BCUT2D eigenvalue weighted by atomic mass is 35.5. The Morgan fingerprint density at radius 2 is 2.08 bits per heavy atom. The Labute approximate surface area is 219 Å². The Hall–Kier alpha value is -3.30. The van der Waals surface area contributed by atoms with Gasteiger partial charge in [-0.25, -0.2) is 4.39 Å². The van der Waals surface area contributed by atoms with E-state index in [-0.39, 0.29) is 36.3 Å². The van der Waals surface area contributed by atoms with Gasteiger partial charge in [-0.1, -0.05) is 55.3 Å². The number of carbonyl (C=O) groups is 1. The lowest BCUT2D eigenvalue weighted by atomic mass is 10.0. The van der Waals surface area contributed by atoms with Crippen molar-refractivity contribution in [1.29, 1.82) is 0 Å². The number of rotatable bonds is 9. The first-order valence-electron chi connectivity index (χ1n) is 12.3. The van der Waals surface area contributed by atoms with Crippen LogP contribution in [0.4, 0.5) is 4.39 Å². The van der Waals surface area contributed by atoms with Gasteiger partial charge in [0, 0.05) is 38.7 Å². The van der Waals surface area contributed by atoms with E-state index in [1.807, 2.05) is 37.3 Å². The minimum absolute atomic E-state index is 0.154. The fourth-order valence-electron chi connectivity index (χ4n) is 4.79. The average molecular weight is 529 g/mol. The van der Waals surface area contributed by atoms with Gasteiger partial charge in [-0.15, -0.1) is 0 Å². The number of hydrogen-bond acceptors (Lipinski definition) is 6. The molecule has 8 nitrogen and oxygen atoms in total. The molecule has 2 atom stereocenters. The second kappa shape index (κ2) is 11.8. The molecule has 1 N–H and O–H groups in total. The Balaban J connectivity index is 1.73. The zero-order valence-electron chi connectivity index (χ0n) is 20.9. The lowest BCUT2D eigenvalue weighted by Gasteiger charge is -2.24. The summed E-state index contributed by atoms with van der Waals surface area (Å²) in [5.41, 5.74) is 0.00967. The van der Waals surface area contributed by atoms with Crippen LogP contribution in [0.1, 0.15) is 65.6 Å². The van der Waals surface area contributed by atoms with Gasteiger partial charge in [0.15, 0.2) is 5.56 Å². The van der Waals surface area contributed by atoms with E-state index in [0.29, 0.717) is 18.7 Å². The summed E-state index contributed by atoms with van der Waals surface area (Å²) < 4.78 is 21.3. The molecule has 196 valence electrons. The topological polar surface area (TPSA) is 97.6 Å². The molecule has 1 aliphatic rings. The number of amides is 1. The van der Waals surface area contributed by atoms with Gasteiger partial charge in [0.2, 0.25) is 5.88 Å². The molecule has 3 heterocycles. The summed E-state index contributed by atoms with van der Waals surface area (Å²) in [6.07, 6.45) is 3.90. The van der Waals surface area contributed by atoms with Crippen LogP contribution >= 0.6 is 11.6 Å². The Morgan fingerprint density at radius 3 is 2.76 bits per heavy atom. The van der Waals surface area contributed by atoms with Gasteiger partial charge in [0.1, 0.15) is 11.6 Å². The molecule has 0 spiro atoms. The summed E-state index contributed by atoms with van der Waals surface area (Å²) in [6, 6.07) is 10.0. The van der Waals surface area contributed by atoms with Crippen LogP contribution < -0.4 is 5.56 Å². The van der Waals surface area contributed by atoms with E-state index in [0.717, 1.165) is 18.4 Å². The van der Waals surface area contributed by atoms with Gasteiger partial charge < -0.3 is 14.7 Å². The molecule has 0 bridgehead atoms. The number of aryl methyl sites for hydroxylation is 1. The second-order valence-electron chi connectivity index (χ2n) is 9.14. The minimum Gasteiger partial charge on any atom is -0.493 e. The molecule has 1 saturated heterocycles. The van der Waals surface area contributed by atoms with Crippen LogP contribution in [0.3, 0.4) is 0 Å². The summed E-state index contributed by atoms with van der Waals surface area (Å²) >= 11 is 5.82. The highest BCUT2D eigenvalue weighted by molar-refractivity contribution is 6.30. The van der Waals surface area contributed by atoms with Crippen molar-refractivity contribution in [3.05, 3.63) is 86.4 Å². The molecule has 1 amide bonds. The van der Waals surface area contributed by atoms with Crippen molar-refractivity contribution in [2.75, 3.05) is 26.8 Å². The second-order valence-corrected chi connectivity index (χ2v) is 9.58. The van der Waals surface area contributed by atoms with E-state index in [9.17, 15) is 19.1 Å². The van der Waals surface area contributed by atoms with Crippen LogP contribution in [0.5, 0.6) is 5.88 Å². The highest BCUT2D eigenvalue weighted by Crippen LogP contribution is 2.30. The summed E-state index contributed by atoms with van der Waals surface area (Å²) in [6.45, 7) is 2.63. The number of unbranched alkanes of at least 4 members (excludes halogenated alkanes) is 1. The summed E-state index contributed by atoms with van der Waals surface area (Å²) in [7, 11) is 1.54. The first-order chi connectivity index (χ1) is 17.8. The van der Waals surface area contributed by atoms with Crippen LogP contribution in [-0.4, -0.2) is 57.3 Å². The smallest absolute Gasteiger partial charge is 0.271 e. The SMILES string of the molecule is CCCCc1nc(O)c(C(=O)N2CCC(c3ncc(Cl)cc3F)C2)c(=O)n1C(COC)c1ccccc1. The van der Waals surface area contributed by atoms with E-state index in [1.165, 1.54) is 21.7 Å². The lowest BCUT2D eigenvalue weighted by Crippen LogP contribution is -2.39. The fourth-order valence-corrected chi connectivity index (χ4v) is 4.93. The predicted molar refractivity (Wildman–Crippen MR) is 138 cm³/mol. The number of ether oxygens (including phenoxy) is 1. The maximum atomic E-state index is 14.4. The molecular formula is C27H30ClFN4O4. The van der Waals surface area contributed by atoms with Crippen molar-refractivity contribution < 1.29 is 19.0 Å². The molecule has 2 unspecified atom stereocenters. The van der Waals surface area contributed by atoms with E-state index < -0.39 is 34.8 Å². The molecule has 10 heteroatoms. The summed E-state index contributed by atoms with van der Waals surface area (Å²) in [4.78, 5) is 37.3. The zero-order valence-corrected chi connectivity index (χ0v) is 21.6. The third-order valence-corrected chi connectivity index (χ3v) is 6.86. The molecule has 0 aliphatic carbocycles. The van der Waals surface area contributed by atoms with Crippen molar-refractivity contribution in [3.63, 3.8) is 0 Å². The normalized spacial score (nSPS) is 16.2. The van der Waals surface area contributed by atoms with Gasteiger partial charge in [0.25, 0.3) is 11.5 Å². The molecule has 2 aromatic heterocycles. The van der Waals surface area contributed by atoms with Crippen LogP contribution in [0.2, 0.25) is 5.02 Å². The standard InChI is InChI=1S/C27H30ClFN4O4/c1-3-4-10-22-31-25(34)23(27(36)33(22)21(16-37-2)17-8-6-5-7-9-17)26(35)32-12-11-18(15-32)24-20(29)13-19(28)14-30-24/h5-9,13-14,18,21,34H,3-4,10-12,15-16H2,1-2H3. The molecule has 1 fully saturated rings. The zero-order chi connectivity index (χ0) is 26.5. The van der Waals surface area contributed by atoms with Crippen LogP contribution in [0.25, 0.3) is 0 Å². The van der Waals surface area contributed by atoms with Crippen LogP contribution in [-0.2, 0) is 11.2 Å². The Morgan fingerprint density at radius 1 is 1.32 bits per heavy atom. The minimum atomic E-state index is -0.646. The number of aromatic hydroxyl groups is 1. The van der Waals surface area contributed by atoms with Gasteiger partial charge in [-0.2, -0.15) is 4.98 Å². The average Bonchev–Trinajstić information content (AvgIpc) is 3.37. The number of benzene rings is 1. The van der Waals surface area contributed by atoms with Gasteiger partial charge >= 0.3 is 0 Å². The molecular weight excluding hydrogens is 499 g/mol. The predicted octanol–water partition coefficient (Wildman–Crippen LogP) is 4.34. The summed E-state index contributed by atoms with van der Waals surface area (Å²) in [5.74, 6) is -1.75. The lowest BCUT2D eigenvalue weighted by molar-refractivity contribution is 0.0782. The van der Waals surface area contributed by atoms with Crippen molar-refractivity contribution >= 4 is 17.5 Å². The van der Waals surface area contributed by atoms with E-state index >= 15 is 0 Å². The maximum absolute atomic E-state index is 14.4. The quantitative estimate of drug-likeness (QED) is 0.443. The molecule has 37 heavy (non-hydrogen) atoms. The molecule has 4 rings (SSSR count). The van der Waals surface area contributed by atoms with Crippen molar-refractivity contribution in [1.82, 2.24) is 19.4 Å². The fraction of sp³-hybridized carbons (Fsp3) is 0.407. The number of pyridine rings is 1. The monoisotopic (exact) mass is 528 g/mol. The molecule has 1 aliphatic heterocycles. The number of halogens is 2. The van der Waals surface area contributed by atoms with Gasteiger partial charge in [-0.05, 0) is 24.5 Å². The maximum Gasteiger partial charge on any atom is 0.271 e. The number of methoxy groups -OCH3 is 1.